The molecule has 4 heteroatoms. The van der Waals surface area contributed by atoms with Crippen LogP contribution in [0.4, 0.5) is 0 Å². The molecule has 2 aliphatic carbocycles. The minimum atomic E-state index is 0.250. The van der Waals surface area contributed by atoms with E-state index in [2.05, 4.69) is 9.80 Å². The number of piperidine rings is 1. The fourth-order valence-electron chi connectivity index (χ4n) is 4.78. The zero-order valence-corrected chi connectivity index (χ0v) is 13.0. The zero-order chi connectivity index (χ0) is 14.2. The van der Waals surface area contributed by atoms with E-state index < -0.39 is 0 Å². The van der Waals surface area contributed by atoms with Crippen molar-refractivity contribution in [1.82, 2.24) is 9.80 Å². The lowest BCUT2D eigenvalue weighted by atomic mass is 9.86. The van der Waals surface area contributed by atoms with E-state index in [4.69, 9.17) is 4.74 Å². The summed E-state index contributed by atoms with van der Waals surface area (Å²) in [6.07, 6.45) is 11.7. The Hall–Kier alpha value is -0.610. The topological polar surface area (TPSA) is 32.8 Å². The van der Waals surface area contributed by atoms with Gasteiger partial charge in [0, 0.05) is 25.2 Å². The number of nitrogens with zero attached hydrogens (tertiary/aromatic N) is 2. The van der Waals surface area contributed by atoms with Gasteiger partial charge in [-0.05, 0) is 38.5 Å². The summed E-state index contributed by atoms with van der Waals surface area (Å²) >= 11 is 0. The zero-order valence-electron chi connectivity index (χ0n) is 13.0. The Kier molecular flexibility index (Phi) is 3.92. The third-order valence-electron chi connectivity index (χ3n) is 6.22. The molecule has 2 aliphatic heterocycles. The molecule has 2 heterocycles. The van der Waals surface area contributed by atoms with Crippen molar-refractivity contribution in [2.45, 2.75) is 82.0 Å². The van der Waals surface area contributed by atoms with Crippen LogP contribution >= 0.6 is 0 Å². The molecule has 0 aromatic carbocycles. The van der Waals surface area contributed by atoms with Crippen molar-refractivity contribution < 1.29 is 9.53 Å². The van der Waals surface area contributed by atoms with Crippen LogP contribution in [0.3, 0.4) is 0 Å². The number of amides is 1. The van der Waals surface area contributed by atoms with Gasteiger partial charge in [0.25, 0.3) is 0 Å². The Morgan fingerprint density at radius 3 is 2.33 bits per heavy atom. The van der Waals surface area contributed by atoms with Crippen LogP contribution in [-0.2, 0) is 9.53 Å². The molecule has 0 N–H and O–H groups in total. The van der Waals surface area contributed by atoms with Gasteiger partial charge in [-0.25, -0.2) is 0 Å². The fraction of sp³-hybridized carbons (Fsp3) is 0.941. The van der Waals surface area contributed by atoms with E-state index in [1.54, 1.807) is 0 Å². The summed E-state index contributed by atoms with van der Waals surface area (Å²) in [5, 5.41) is 0. The highest BCUT2D eigenvalue weighted by Gasteiger charge is 2.42. The number of carbonyl (C=O) groups is 1. The fourth-order valence-corrected chi connectivity index (χ4v) is 4.78. The molecule has 0 aromatic rings. The van der Waals surface area contributed by atoms with Crippen LogP contribution in [0.1, 0.15) is 57.8 Å². The van der Waals surface area contributed by atoms with Gasteiger partial charge in [0.15, 0.2) is 0 Å². The van der Waals surface area contributed by atoms with Crippen molar-refractivity contribution in [3.63, 3.8) is 0 Å². The van der Waals surface area contributed by atoms with E-state index in [-0.39, 0.29) is 5.91 Å². The number of hydrogen-bond donors (Lipinski definition) is 0. The molecule has 2 saturated carbocycles. The molecule has 2 atom stereocenters. The average Bonchev–Trinajstić information content (AvgIpc) is 2.47. The highest BCUT2D eigenvalue weighted by Crippen LogP contribution is 2.34. The lowest BCUT2D eigenvalue weighted by Crippen LogP contribution is -2.61. The highest BCUT2D eigenvalue weighted by atomic mass is 16.5. The third kappa shape index (κ3) is 2.61. The van der Waals surface area contributed by atoms with Crippen molar-refractivity contribution in [3.05, 3.63) is 0 Å². The lowest BCUT2D eigenvalue weighted by Gasteiger charge is -2.50. The van der Waals surface area contributed by atoms with Gasteiger partial charge in [0.1, 0.15) is 6.61 Å². The van der Waals surface area contributed by atoms with Crippen LogP contribution in [0.25, 0.3) is 0 Å². The summed E-state index contributed by atoms with van der Waals surface area (Å²) in [7, 11) is 0. The van der Waals surface area contributed by atoms with Gasteiger partial charge < -0.3 is 14.5 Å². The second-order valence-electron chi connectivity index (χ2n) is 7.35. The molecule has 4 aliphatic rings. The minimum absolute atomic E-state index is 0.250. The molecule has 0 spiro atoms. The SMILES string of the molecule is O=C1CO[C@H]2CCCC[C@@H]2N1C1CCN(C2CCC2)CC1. The molecular formula is C17H28N2O2. The molecule has 1 amide bonds. The first-order valence-electron chi connectivity index (χ1n) is 9.00. The molecule has 4 rings (SSSR count). The van der Waals surface area contributed by atoms with Crippen molar-refractivity contribution in [3.8, 4) is 0 Å². The van der Waals surface area contributed by atoms with Crippen LogP contribution in [0.15, 0.2) is 0 Å². The van der Waals surface area contributed by atoms with Crippen LogP contribution < -0.4 is 0 Å². The van der Waals surface area contributed by atoms with Gasteiger partial charge >= 0.3 is 0 Å². The summed E-state index contributed by atoms with van der Waals surface area (Å²) in [4.78, 5) is 17.3. The Morgan fingerprint density at radius 2 is 1.62 bits per heavy atom. The average molecular weight is 292 g/mol. The molecule has 2 saturated heterocycles. The first kappa shape index (κ1) is 14.0. The predicted octanol–water partition coefficient (Wildman–Crippen LogP) is 2.17. The first-order chi connectivity index (χ1) is 10.3. The standard InChI is InChI=1S/C17H28N2O2/c20-17-12-21-16-7-2-1-6-15(16)19(17)14-8-10-18(11-9-14)13-4-3-5-13/h13-16H,1-12H2/t15-,16-/m0/s1. The quantitative estimate of drug-likeness (QED) is 0.782. The van der Waals surface area contributed by atoms with Crippen LogP contribution in [0.5, 0.6) is 0 Å². The third-order valence-corrected chi connectivity index (χ3v) is 6.22. The van der Waals surface area contributed by atoms with Crippen molar-refractivity contribution >= 4 is 5.91 Å². The van der Waals surface area contributed by atoms with E-state index in [0.717, 1.165) is 18.9 Å². The number of morpholine rings is 1. The number of hydrogen-bond acceptors (Lipinski definition) is 3. The molecule has 0 radical (unpaired) electrons. The minimum Gasteiger partial charge on any atom is -0.366 e. The number of fused-ring (bicyclic) bond motifs is 1. The van der Waals surface area contributed by atoms with Gasteiger partial charge in [0.05, 0.1) is 12.1 Å². The number of ether oxygens (including phenoxy) is 1. The van der Waals surface area contributed by atoms with Crippen LogP contribution in [0.2, 0.25) is 0 Å². The van der Waals surface area contributed by atoms with Crippen molar-refractivity contribution in [1.29, 1.82) is 0 Å². The first-order valence-corrected chi connectivity index (χ1v) is 9.00. The smallest absolute Gasteiger partial charge is 0.249 e. The van der Waals surface area contributed by atoms with Crippen molar-refractivity contribution in [2.75, 3.05) is 19.7 Å². The van der Waals surface area contributed by atoms with Crippen LogP contribution in [-0.4, -0.2) is 59.6 Å². The Bertz CT molecular complexity index is 388. The lowest BCUT2D eigenvalue weighted by molar-refractivity contribution is -0.167. The van der Waals surface area contributed by atoms with E-state index in [9.17, 15) is 4.79 Å². The highest BCUT2D eigenvalue weighted by molar-refractivity contribution is 5.79. The normalized spacial score (nSPS) is 36.4. The van der Waals surface area contributed by atoms with E-state index in [0.29, 0.717) is 24.8 Å². The second kappa shape index (κ2) is 5.88. The molecule has 0 aromatic heterocycles. The number of likely N-dealkylation sites (tertiary alicyclic amines) is 1. The molecule has 118 valence electrons. The van der Waals surface area contributed by atoms with Gasteiger partial charge in [-0.1, -0.05) is 19.3 Å². The second-order valence-corrected chi connectivity index (χ2v) is 7.35. The van der Waals surface area contributed by atoms with E-state index in [1.165, 1.54) is 58.0 Å². The molecule has 0 unspecified atom stereocenters. The van der Waals surface area contributed by atoms with E-state index in [1.807, 2.05) is 0 Å². The Morgan fingerprint density at radius 1 is 0.857 bits per heavy atom. The summed E-state index contributed by atoms with van der Waals surface area (Å²) in [6, 6.07) is 1.71. The van der Waals surface area contributed by atoms with Gasteiger partial charge in [-0.15, -0.1) is 0 Å². The monoisotopic (exact) mass is 292 g/mol. The predicted molar refractivity (Wildman–Crippen MR) is 81.1 cm³/mol. The van der Waals surface area contributed by atoms with Gasteiger partial charge in [0.2, 0.25) is 5.91 Å². The maximum Gasteiger partial charge on any atom is 0.249 e. The van der Waals surface area contributed by atoms with Gasteiger partial charge in [-0.2, -0.15) is 0 Å². The Balaban J connectivity index is 1.40. The summed E-state index contributed by atoms with van der Waals surface area (Å²) in [5.74, 6) is 0.250. The Labute approximate surface area is 127 Å². The van der Waals surface area contributed by atoms with Crippen LogP contribution in [0, 0.1) is 0 Å². The molecule has 4 fully saturated rings. The number of carbonyl (C=O) groups excluding carboxylic acids is 1. The number of rotatable bonds is 2. The van der Waals surface area contributed by atoms with Crippen molar-refractivity contribution in [2.24, 2.45) is 0 Å². The molecular weight excluding hydrogens is 264 g/mol. The molecule has 4 nitrogen and oxygen atoms in total. The van der Waals surface area contributed by atoms with E-state index >= 15 is 0 Å². The summed E-state index contributed by atoms with van der Waals surface area (Å²) in [5.41, 5.74) is 0. The maximum atomic E-state index is 12.4. The summed E-state index contributed by atoms with van der Waals surface area (Å²) < 4.78 is 5.80. The van der Waals surface area contributed by atoms with Gasteiger partial charge in [-0.3, -0.25) is 4.79 Å². The summed E-state index contributed by atoms with van der Waals surface area (Å²) in [6.45, 7) is 2.71. The molecule has 21 heavy (non-hydrogen) atoms. The maximum absolute atomic E-state index is 12.4. The largest absolute Gasteiger partial charge is 0.366 e. The molecule has 0 bridgehead atoms.